The number of hydrogen-bond donors (Lipinski definition) is 1. The van der Waals surface area contributed by atoms with Crippen LogP contribution in [0.3, 0.4) is 0 Å². The Hall–Kier alpha value is -2.04. The molecule has 5 nitrogen and oxygen atoms in total. The van der Waals surface area contributed by atoms with Crippen LogP contribution < -0.4 is 4.74 Å². The molecule has 0 aromatic heterocycles. The number of amides is 1. The minimum atomic E-state index is -1.40. The molecule has 0 saturated carbocycles. The van der Waals surface area contributed by atoms with E-state index in [4.69, 9.17) is 4.74 Å². The van der Waals surface area contributed by atoms with Crippen LogP contribution in [0.2, 0.25) is 0 Å². The number of fused-ring (bicyclic) bond motifs is 1. The molecule has 1 aliphatic heterocycles. The summed E-state index contributed by atoms with van der Waals surface area (Å²) in [5.74, 6) is -0.821. The fraction of sp³-hybridized carbons (Fsp3) is 0.467. The topological polar surface area (TPSA) is 66.8 Å². The summed E-state index contributed by atoms with van der Waals surface area (Å²) in [6.45, 7) is 5.03. The van der Waals surface area contributed by atoms with E-state index in [0.717, 1.165) is 0 Å². The first-order valence-corrected chi connectivity index (χ1v) is 6.47. The van der Waals surface area contributed by atoms with Gasteiger partial charge >= 0.3 is 5.97 Å². The maximum atomic E-state index is 12.0. The molecular weight excluding hydrogens is 258 g/mol. The lowest BCUT2D eigenvalue weighted by Gasteiger charge is -2.47. The number of carboxylic acids is 1. The van der Waals surface area contributed by atoms with Crippen molar-refractivity contribution in [3.63, 3.8) is 0 Å². The van der Waals surface area contributed by atoms with Gasteiger partial charge in [-0.15, -0.1) is 0 Å². The third-order valence-corrected chi connectivity index (χ3v) is 3.80. The van der Waals surface area contributed by atoms with Gasteiger partial charge in [-0.3, -0.25) is 4.79 Å². The zero-order valence-electron chi connectivity index (χ0n) is 12.1. The molecule has 1 amide bonds. The van der Waals surface area contributed by atoms with E-state index in [1.54, 1.807) is 24.3 Å². The fourth-order valence-electron chi connectivity index (χ4n) is 2.84. The largest absolute Gasteiger partial charge is 0.487 e. The molecule has 1 aliphatic rings. The van der Waals surface area contributed by atoms with Crippen molar-refractivity contribution in [2.45, 2.75) is 38.3 Å². The summed E-state index contributed by atoms with van der Waals surface area (Å²) < 4.78 is 5.85. The van der Waals surface area contributed by atoms with Gasteiger partial charge in [-0.1, -0.05) is 18.2 Å². The number of ether oxygens (including phenoxy) is 1. The molecular formula is C15H19NO4. The molecule has 1 unspecified atom stereocenters. The highest BCUT2D eigenvalue weighted by Crippen LogP contribution is 2.46. The Balaban J connectivity index is 2.73. The quantitative estimate of drug-likeness (QED) is 0.898. The van der Waals surface area contributed by atoms with E-state index < -0.39 is 17.1 Å². The van der Waals surface area contributed by atoms with Gasteiger partial charge in [0.2, 0.25) is 5.91 Å². The van der Waals surface area contributed by atoms with E-state index in [2.05, 4.69) is 0 Å². The van der Waals surface area contributed by atoms with E-state index >= 15 is 0 Å². The molecule has 0 aliphatic carbocycles. The van der Waals surface area contributed by atoms with Crippen LogP contribution in [0.15, 0.2) is 24.3 Å². The number of benzene rings is 1. The Labute approximate surface area is 118 Å². The predicted molar refractivity (Wildman–Crippen MR) is 73.5 cm³/mol. The highest BCUT2D eigenvalue weighted by molar-refractivity contribution is 5.88. The molecule has 0 radical (unpaired) electrons. The molecule has 0 spiro atoms. The zero-order valence-corrected chi connectivity index (χ0v) is 12.1. The second-order valence-electron chi connectivity index (χ2n) is 5.78. The number of likely N-dealkylation sites (N-methyl/N-ethyl adjacent to an activating group) is 1. The lowest BCUT2D eigenvalue weighted by Crippen LogP contribution is -2.58. The van der Waals surface area contributed by atoms with E-state index in [9.17, 15) is 14.7 Å². The highest BCUT2D eigenvalue weighted by atomic mass is 16.5. The maximum Gasteiger partial charge on any atom is 0.334 e. The SMILES string of the molecule is CC(=O)N(C)C1(C(=O)O)CC(C)(C)Oc2ccccc21. The smallest absolute Gasteiger partial charge is 0.334 e. The van der Waals surface area contributed by atoms with Gasteiger partial charge in [-0.05, 0) is 19.9 Å². The monoisotopic (exact) mass is 277 g/mol. The van der Waals surface area contributed by atoms with Gasteiger partial charge in [-0.2, -0.15) is 0 Å². The standard InChI is InChI=1S/C15H19NO4/c1-10(17)16(4)15(13(18)19)9-14(2,3)20-12-8-6-5-7-11(12)15/h5-8H,9H2,1-4H3,(H,18,19). The molecule has 0 bridgehead atoms. The van der Waals surface area contributed by atoms with Crippen molar-refractivity contribution in [2.24, 2.45) is 0 Å². The molecule has 108 valence electrons. The summed E-state index contributed by atoms with van der Waals surface area (Å²) in [5, 5.41) is 9.84. The van der Waals surface area contributed by atoms with Crippen LogP contribution in [0.1, 0.15) is 32.8 Å². The average Bonchev–Trinajstić information content (AvgIpc) is 2.35. The van der Waals surface area contributed by atoms with Crippen molar-refractivity contribution in [3.8, 4) is 5.75 Å². The number of rotatable bonds is 2. The molecule has 0 saturated heterocycles. The number of para-hydroxylation sites is 1. The summed E-state index contributed by atoms with van der Waals surface area (Å²) in [4.78, 5) is 25.1. The number of aliphatic carboxylic acids is 1. The summed E-state index contributed by atoms with van der Waals surface area (Å²) >= 11 is 0. The van der Waals surface area contributed by atoms with Crippen molar-refractivity contribution >= 4 is 11.9 Å². The molecule has 1 aromatic rings. The normalized spacial score (nSPS) is 23.4. The summed E-state index contributed by atoms with van der Waals surface area (Å²) in [7, 11) is 1.52. The third kappa shape index (κ3) is 2.03. The van der Waals surface area contributed by atoms with Gasteiger partial charge in [0, 0.05) is 26.0 Å². The van der Waals surface area contributed by atoms with E-state index in [1.807, 2.05) is 13.8 Å². The minimum Gasteiger partial charge on any atom is -0.487 e. The molecule has 1 atom stereocenters. The Kier molecular flexibility index (Phi) is 3.24. The Morgan fingerprint density at radius 3 is 2.45 bits per heavy atom. The molecule has 0 fully saturated rings. The van der Waals surface area contributed by atoms with Gasteiger partial charge in [0.05, 0.1) is 0 Å². The Morgan fingerprint density at radius 2 is 1.90 bits per heavy atom. The first-order valence-electron chi connectivity index (χ1n) is 6.47. The van der Waals surface area contributed by atoms with Gasteiger partial charge in [-0.25, -0.2) is 4.79 Å². The molecule has 1 N–H and O–H groups in total. The Morgan fingerprint density at radius 1 is 1.30 bits per heavy atom. The van der Waals surface area contributed by atoms with Crippen LogP contribution in [0.4, 0.5) is 0 Å². The Bertz CT molecular complexity index is 567. The fourth-order valence-corrected chi connectivity index (χ4v) is 2.84. The van der Waals surface area contributed by atoms with Gasteiger partial charge in [0.25, 0.3) is 0 Å². The number of carboxylic acid groups (broad SMARTS) is 1. The van der Waals surface area contributed by atoms with Crippen molar-refractivity contribution in [1.29, 1.82) is 0 Å². The number of carbonyl (C=O) groups excluding carboxylic acids is 1. The zero-order chi connectivity index (χ0) is 15.1. The number of nitrogens with zero attached hydrogens (tertiary/aromatic N) is 1. The lowest BCUT2D eigenvalue weighted by atomic mass is 9.76. The summed E-state index contributed by atoms with van der Waals surface area (Å²) in [6, 6.07) is 6.99. The van der Waals surface area contributed by atoms with Crippen LogP contribution in [0.5, 0.6) is 5.75 Å². The first-order chi connectivity index (χ1) is 9.20. The van der Waals surface area contributed by atoms with Crippen LogP contribution in [0.25, 0.3) is 0 Å². The number of hydrogen-bond acceptors (Lipinski definition) is 3. The van der Waals surface area contributed by atoms with Gasteiger partial charge < -0.3 is 14.7 Å². The lowest BCUT2D eigenvalue weighted by molar-refractivity contribution is -0.164. The van der Waals surface area contributed by atoms with Crippen LogP contribution in [0, 0.1) is 0 Å². The van der Waals surface area contributed by atoms with Crippen LogP contribution in [-0.4, -0.2) is 34.5 Å². The van der Waals surface area contributed by atoms with Crippen LogP contribution >= 0.6 is 0 Å². The minimum absolute atomic E-state index is 0.197. The molecule has 1 aromatic carbocycles. The summed E-state index contributed by atoms with van der Waals surface area (Å²) in [6.07, 6.45) is 0.197. The number of carbonyl (C=O) groups is 2. The van der Waals surface area contributed by atoms with E-state index in [1.165, 1.54) is 18.9 Å². The van der Waals surface area contributed by atoms with Gasteiger partial charge in [0.1, 0.15) is 11.4 Å². The van der Waals surface area contributed by atoms with Crippen molar-refractivity contribution in [1.82, 2.24) is 4.90 Å². The third-order valence-electron chi connectivity index (χ3n) is 3.80. The van der Waals surface area contributed by atoms with E-state index in [0.29, 0.717) is 11.3 Å². The average molecular weight is 277 g/mol. The van der Waals surface area contributed by atoms with E-state index in [-0.39, 0.29) is 12.3 Å². The molecule has 2 rings (SSSR count). The van der Waals surface area contributed by atoms with Crippen molar-refractivity contribution in [2.75, 3.05) is 7.05 Å². The summed E-state index contributed by atoms with van der Waals surface area (Å²) in [5.41, 5.74) is -1.55. The predicted octanol–water partition coefficient (Wildman–Crippen LogP) is 2.01. The highest BCUT2D eigenvalue weighted by Gasteiger charge is 2.54. The second kappa shape index (κ2) is 4.51. The second-order valence-corrected chi connectivity index (χ2v) is 5.78. The van der Waals surface area contributed by atoms with Crippen molar-refractivity contribution < 1.29 is 19.4 Å². The molecule has 1 heterocycles. The molecule has 5 heteroatoms. The molecule has 20 heavy (non-hydrogen) atoms. The first kappa shape index (κ1) is 14.4. The van der Waals surface area contributed by atoms with Gasteiger partial charge in [0.15, 0.2) is 5.54 Å². The van der Waals surface area contributed by atoms with Crippen LogP contribution in [-0.2, 0) is 15.1 Å². The maximum absolute atomic E-state index is 12.0. The van der Waals surface area contributed by atoms with Crippen molar-refractivity contribution in [3.05, 3.63) is 29.8 Å².